The van der Waals surface area contributed by atoms with Gasteiger partial charge in [0.25, 0.3) is 10.0 Å². The van der Waals surface area contributed by atoms with Crippen molar-refractivity contribution in [2.45, 2.75) is 5.03 Å². The average Bonchev–Trinajstić information content (AvgIpc) is 3.25. The minimum absolute atomic E-state index is 0.0380. The first-order valence-electron chi connectivity index (χ1n) is 7.70. The Kier molecular flexibility index (Phi) is 3.69. The molecule has 9 nitrogen and oxygen atoms in total. The Morgan fingerprint density at radius 1 is 1.23 bits per heavy atom. The van der Waals surface area contributed by atoms with Crippen LogP contribution in [0.3, 0.4) is 0 Å². The highest BCUT2D eigenvalue weighted by Gasteiger charge is 2.18. The predicted octanol–water partition coefficient (Wildman–Crippen LogP) is -0.0644. The van der Waals surface area contributed by atoms with Crippen molar-refractivity contribution in [2.75, 3.05) is 16.3 Å². The molecule has 1 aromatic carbocycles. The molecule has 1 aliphatic rings. The number of hydrogen-bond acceptors (Lipinski definition) is 7. The third kappa shape index (κ3) is 2.80. The van der Waals surface area contributed by atoms with E-state index in [4.69, 9.17) is 10.2 Å². The third-order valence-electron chi connectivity index (χ3n) is 3.95. The van der Waals surface area contributed by atoms with Crippen molar-refractivity contribution >= 4 is 27.2 Å². The zero-order chi connectivity index (χ0) is 18.3. The van der Waals surface area contributed by atoms with Gasteiger partial charge in [-0.05, 0) is 30.3 Å². The largest absolute Gasteiger partial charge is 0.446 e. The van der Waals surface area contributed by atoms with Crippen LogP contribution in [0.25, 0.3) is 5.82 Å². The van der Waals surface area contributed by atoms with Crippen molar-refractivity contribution in [1.82, 2.24) is 9.55 Å². The Hall–Kier alpha value is -3.27. The molecule has 0 saturated carbocycles. The number of imidazole rings is 1. The van der Waals surface area contributed by atoms with Gasteiger partial charge in [-0.15, -0.1) is 0 Å². The van der Waals surface area contributed by atoms with E-state index in [1.165, 1.54) is 12.5 Å². The number of nitrogens with one attached hydrogen (secondary N) is 1. The number of hydrogen-bond donors (Lipinski definition) is 2. The van der Waals surface area contributed by atoms with E-state index in [0.29, 0.717) is 23.7 Å². The lowest BCUT2D eigenvalue weighted by Crippen LogP contribution is -2.42. The maximum atomic E-state index is 12.3. The van der Waals surface area contributed by atoms with Crippen LogP contribution in [0.1, 0.15) is 0 Å². The third-order valence-corrected chi connectivity index (χ3v) is 5.22. The molecular formula is C16H16N6O3S. The van der Waals surface area contributed by atoms with Crippen LogP contribution in [0.15, 0.2) is 63.6 Å². The first-order valence-corrected chi connectivity index (χ1v) is 9.18. The lowest BCUT2D eigenvalue weighted by molar-refractivity contribution is 0.500. The quantitative estimate of drug-likeness (QED) is 0.662. The van der Waals surface area contributed by atoms with E-state index < -0.39 is 10.0 Å². The molecule has 0 atom stereocenters. The van der Waals surface area contributed by atoms with Crippen LogP contribution in [0, 0.1) is 0 Å². The van der Waals surface area contributed by atoms with E-state index in [-0.39, 0.29) is 5.03 Å². The fraction of sp³-hybridized carbons (Fsp3) is 0.125. The number of aryl methyl sites for hydroxylation is 1. The number of sulfonamides is 1. The summed E-state index contributed by atoms with van der Waals surface area (Å²) in [4.78, 5) is 10.00. The monoisotopic (exact) mass is 372 g/mol. The Bertz CT molecular complexity index is 1180. The van der Waals surface area contributed by atoms with Gasteiger partial charge in [-0.2, -0.15) is 8.42 Å². The van der Waals surface area contributed by atoms with Gasteiger partial charge in [-0.25, -0.2) is 9.98 Å². The molecule has 3 N–H and O–H groups in total. The van der Waals surface area contributed by atoms with E-state index in [1.54, 1.807) is 48.2 Å². The second-order valence-electron chi connectivity index (χ2n) is 5.78. The molecule has 1 aliphatic heterocycles. The zero-order valence-electron chi connectivity index (χ0n) is 13.8. The Morgan fingerprint density at radius 2 is 2.00 bits per heavy atom. The van der Waals surface area contributed by atoms with E-state index in [1.807, 2.05) is 4.90 Å². The van der Waals surface area contributed by atoms with Crippen LogP contribution in [0.5, 0.6) is 0 Å². The summed E-state index contributed by atoms with van der Waals surface area (Å²) >= 11 is 0. The first kappa shape index (κ1) is 16.2. The molecule has 26 heavy (non-hydrogen) atoms. The second kappa shape index (κ2) is 5.92. The number of aromatic nitrogens is 2. The van der Waals surface area contributed by atoms with Crippen molar-refractivity contribution < 1.29 is 12.8 Å². The van der Waals surface area contributed by atoms with Gasteiger partial charge in [-0.1, -0.05) is 0 Å². The van der Waals surface area contributed by atoms with E-state index in [2.05, 4.69) is 14.7 Å². The Morgan fingerprint density at radius 3 is 2.69 bits per heavy atom. The SMILES string of the molecule is Cn1cnc(S(=O)(=O)Nc2ccc(N3CN=c4occc4=C3N)cc2)c1. The van der Waals surface area contributed by atoms with Gasteiger partial charge in [0.15, 0.2) is 5.03 Å². The highest BCUT2D eigenvalue weighted by molar-refractivity contribution is 7.92. The summed E-state index contributed by atoms with van der Waals surface area (Å²) in [5, 5.41) is 0.695. The average molecular weight is 372 g/mol. The smallest absolute Gasteiger partial charge is 0.280 e. The lowest BCUT2D eigenvalue weighted by Gasteiger charge is -2.24. The predicted molar refractivity (Wildman–Crippen MR) is 94.9 cm³/mol. The van der Waals surface area contributed by atoms with Crippen molar-refractivity contribution in [2.24, 2.45) is 17.8 Å². The standard InChI is InChI=1S/C16H16N6O3S/c1-21-8-14(18-9-21)26(23,24)20-11-2-4-12(5-3-11)22-10-19-16-13(15(22)17)6-7-25-16/h2-9,20H,10,17H2,1H3. The van der Waals surface area contributed by atoms with Crippen LogP contribution < -0.4 is 26.1 Å². The van der Waals surface area contributed by atoms with E-state index in [0.717, 1.165) is 10.9 Å². The molecule has 0 spiro atoms. The summed E-state index contributed by atoms with van der Waals surface area (Å²) in [5.74, 6) is 0.533. The van der Waals surface area contributed by atoms with Crippen LogP contribution in [-0.2, 0) is 17.1 Å². The molecule has 3 heterocycles. The second-order valence-corrected chi connectivity index (χ2v) is 7.41. The number of nitrogens with zero attached hydrogens (tertiary/aromatic N) is 4. The van der Waals surface area contributed by atoms with Crippen molar-refractivity contribution in [3.8, 4) is 0 Å². The summed E-state index contributed by atoms with van der Waals surface area (Å²) in [6.45, 7) is 0.325. The van der Waals surface area contributed by atoms with Crippen molar-refractivity contribution in [3.05, 3.63) is 59.9 Å². The number of rotatable bonds is 4. The fourth-order valence-electron chi connectivity index (χ4n) is 2.64. The number of furan rings is 1. The van der Waals surface area contributed by atoms with Crippen LogP contribution in [0.2, 0.25) is 0 Å². The molecule has 0 radical (unpaired) electrons. The van der Waals surface area contributed by atoms with Crippen LogP contribution in [-0.4, -0.2) is 24.6 Å². The van der Waals surface area contributed by atoms with Gasteiger partial charge in [0.2, 0.25) is 5.55 Å². The molecule has 0 unspecified atom stereocenters. The number of benzene rings is 1. The summed E-state index contributed by atoms with van der Waals surface area (Å²) in [7, 11) is -2.02. The Balaban J connectivity index is 1.58. The summed E-state index contributed by atoms with van der Waals surface area (Å²) in [5.41, 5.74) is 7.92. The van der Waals surface area contributed by atoms with Crippen LogP contribution in [0.4, 0.5) is 11.4 Å². The summed E-state index contributed by atoms with van der Waals surface area (Å²) in [6, 6.07) is 8.62. The maximum absolute atomic E-state index is 12.3. The van der Waals surface area contributed by atoms with Gasteiger partial charge < -0.3 is 19.6 Å². The lowest BCUT2D eigenvalue weighted by atomic mass is 10.2. The molecule has 0 fully saturated rings. The zero-order valence-corrected chi connectivity index (χ0v) is 14.6. The molecule has 0 aliphatic carbocycles. The van der Waals surface area contributed by atoms with Gasteiger partial charge in [0.1, 0.15) is 12.5 Å². The van der Waals surface area contributed by atoms with Crippen LogP contribution >= 0.6 is 0 Å². The Labute approximate surface area is 149 Å². The normalized spacial score (nSPS) is 14.0. The van der Waals surface area contributed by atoms with Gasteiger partial charge in [-0.3, -0.25) is 4.72 Å². The fourth-order valence-corrected chi connectivity index (χ4v) is 3.68. The highest BCUT2D eigenvalue weighted by atomic mass is 32.2. The first-order chi connectivity index (χ1) is 12.4. The summed E-state index contributed by atoms with van der Waals surface area (Å²) in [6.07, 6.45) is 4.41. The molecule has 3 aromatic rings. The minimum Gasteiger partial charge on any atom is -0.446 e. The van der Waals surface area contributed by atoms with Gasteiger partial charge in [0, 0.05) is 24.6 Å². The minimum atomic E-state index is -3.73. The van der Waals surface area contributed by atoms with Crippen molar-refractivity contribution in [1.29, 1.82) is 0 Å². The maximum Gasteiger partial charge on any atom is 0.280 e. The van der Waals surface area contributed by atoms with E-state index >= 15 is 0 Å². The molecule has 134 valence electrons. The van der Waals surface area contributed by atoms with Crippen molar-refractivity contribution in [3.63, 3.8) is 0 Å². The molecule has 10 heteroatoms. The highest BCUT2D eigenvalue weighted by Crippen LogP contribution is 2.22. The molecule has 0 saturated heterocycles. The number of nitrogens with two attached hydrogens (primary N) is 1. The number of anilines is 2. The molecular weight excluding hydrogens is 356 g/mol. The van der Waals surface area contributed by atoms with Gasteiger partial charge in [0.05, 0.1) is 17.8 Å². The van der Waals surface area contributed by atoms with E-state index in [9.17, 15) is 8.42 Å². The summed E-state index contributed by atoms with van der Waals surface area (Å²) < 4.78 is 34.0. The molecule has 4 rings (SSSR count). The topological polar surface area (TPSA) is 119 Å². The molecule has 0 amide bonds. The molecule has 0 bridgehead atoms. The number of fused-ring (bicyclic) bond motifs is 1. The molecule has 2 aromatic heterocycles. The van der Waals surface area contributed by atoms with Gasteiger partial charge >= 0.3 is 0 Å².